The third-order valence-electron chi connectivity index (χ3n) is 3.63. The lowest BCUT2D eigenvalue weighted by molar-refractivity contribution is -0.118. The van der Waals surface area contributed by atoms with E-state index in [1.165, 1.54) is 11.3 Å². The fourth-order valence-corrected chi connectivity index (χ4v) is 2.63. The van der Waals surface area contributed by atoms with Crippen LogP contribution in [0.15, 0.2) is 47.5 Å². The van der Waals surface area contributed by atoms with E-state index in [9.17, 15) is 9.59 Å². The molecule has 1 heterocycles. The van der Waals surface area contributed by atoms with Gasteiger partial charge in [0.25, 0.3) is 11.8 Å². The number of aryl methyl sites for hydroxylation is 1. The van der Waals surface area contributed by atoms with Crippen molar-refractivity contribution in [2.24, 2.45) is 0 Å². The van der Waals surface area contributed by atoms with Gasteiger partial charge in [0.05, 0.1) is 0 Å². The third-order valence-corrected chi connectivity index (χ3v) is 4.45. The molecular formula is C19H22N2O2S. The maximum Gasteiger partial charge on any atom is 0.268 e. The molecule has 2 amide bonds. The predicted octanol–water partition coefficient (Wildman–Crippen LogP) is 3.74. The van der Waals surface area contributed by atoms with Gasteiger partial charge in [-0.25, -0.2) is 0 Å². The molecule has 126 valence electrons. The summed E-state index contributed by atoms with van der Waals surface area (Å²) in [5.41, 5.74) is 1.85. The second-order valence-electron chi connectivity index (χ2n) is 5.68. The van der Waals surface area contributed by atoms with E-state index in [2.05, 4.69) is 10.6 Å². The standard InChI is InChI=1S/C19H22N2O2S/c1-4-14(3)20-19(23)17(12-16-6-5-11-24-16)21-18(22)15-9-7-13(2)8-10-15/h5-12,14H,4H2,1-3H3,(H,20,23)(H,21,22)/b17-12-/t14-/m0/s1. The van der Waals surface area contributed by atoms with E-state index in [-0.39, 0.29) is 23.6 Å². The fourth-order valence-electron chi connectivity index (χ4n) is 1.98. The first-order valence-corrected chi connectivity index (χ1v) is 8.81. The average molecular weight is 342 g/mol. The summed E-state index contributed by atoms with van der Waals surface area (Å²) in [4.78, 5) is 25.8. The Bertz CT molecular complexity index is 718. The summed E-state index contributed by atoms with van der Waals surface area (Å²) < 4.78 is 0. The molecule has 1 aromatic heterocycles. The quantitative estimate of drug-likeness (QED) is 0.786. The van der Waals surface area contributed by atoms with E-state index in [4.69, 9.17) is 0 Å². The summed E-state index contributed by atoms with van der Waals surface area (Å²) in [5.74, 6) is -0.574. The zero-order chi connectivity index (χ0) is 17.5. The molecule has 5 heteroatoms. The monoisotopic (exact) mass is 342 g/mol. The van der Waals surface area contributed by atoms with Gasteiger partial charge in [-0.2, -0.15) is 0 Å². The molecule has 0 aliphatic heterocycles. The highest BCUT2D eigenvalue weighted by Gasteiger charge is 2.16. The van der Waals surface area contributed by atoms with Gasteiger partial charge in [-0.3, -0.25) is 9.59 Å². The Morgan fingerprint density at radius 2 is 1.92 bits per heavy atom. The Hall–Kier alpha value is -2.40. The second kappa shape index (κ2) is 8.45. The Morgan fingerprint density at radius 1 is 1.21 bits per heavy atom. The summed E-state index contributed by atoms with van der Waals surface area (Å²) in [6, 6.07) is 11.1. The summed E-state index contributed by atoms with van der Waals surface area (Å²) in [6.45, 7) is 5.89. The van der Waals surface area contributed by atoms with Crippen LogP contribution in [-0.4, -0.2) is 17.9 Å². The van der Waals surface area contributed by atoms with E-state index in [1.807, 2.05) is 50.4 Å². The van der Waals surface area contributed by atoms with Gasteiger partial charge in [0.2, 0.25) is 0 Å². The number of rotatable bonds is 6. The van der Waals surface area contributed by atoms with Crippen molar-refractivity contribution in [2.75, 3.05) is 0 Å². The molecule has 0 saturated heterocycles. The molecule has 0 radical (unpaired) electrons. The lowest BCUT2D eigenvalue weighted by Crippen LogP contribution is -2.38. The van der Waals surface area contributed by atoms with Crippen molar-refractivity contribution < 1.29 is 9.59 Å². The van der Waals surface area contributed by atoms with Crippen LogP contribution in [0.5, 0.6) is 0 Å². The van der Waals surface area contributed by atoms with Gasteiger partial charge in [0.1, 0.15) is 5.70 Å². The van der Waals surface area contributed by atoms with Gasteiger partial charge < -0.3 is 10.6 Å². The molecule has 0 aliphatic rings. The van der Waals surface area contributed by atoms with Crippen LogP contribution in [0.25, 0.3) is 6.08 Å². The van der Waals surface area contributed by atoms with E-state index in [0.29, 0.717) is 5.56 Å². The van der Waals surface area contributed by atoms with Crippen molar-refractivity contribution in [3.8, 4) is 0 Å². The van der Waals surface area contributed by atoms with Crippen molar-refractivity contribution in [3.05, 3.63) is 63.5 Å². The van der Waals surface area contributed by atoms with Crippen molar-refractivity contribution in [1.29, 1.82) is 0 Å². The van der Waals surface area contributed by atoms with Crippen molar-refractivity contribution >= 4 is 29.2 Å². The van der Waals surface area contributed by atoms with Gasteiger partial charge >= 0.3 is 0 Å². The zero-order valence-electron chi connectivity index (χ0n) is 14.1. The van der Waals surface area contributed by atoms with E-state index in [1.54, 1.807) is 18.2 Å². The summed E-state index contributed by atoms with van der Waals surface area (Å²) >= 11 is 1.51. The van der Waals surface area contributed by atoms with Gasteiger partial charge in [-0.15, -0.1) is 11.3 Å². The topological polar surface area (TPSA) is 58.2 Å². The fraction of sp³-hybridized carbons (Fsp3) is 0.263. The molecule has 1 aromatic carbocycles. The highest BCUT2D eigenvalue weighted by atomic mass is 32.1. The first-order chi connectivity index (χ1) is 11.5. The van der Waals surface area contributed by atoms with Crippen LogP contribution >= 0.6 is 11.3 Å². The van der Waals surface area contributed by atoms with Crippen LogP contribution in [0.4, 0.5) is 0 Å². The number of nitrogens with one attached hydrogen (secondary N) is 2. The molecule has 24 heavy (non-hydrogen) atoms. The van der Waals surface area contributed by atoms with E-state index >= 15 is 0 Å². The van der Waals surface area contributed by atoms with Crippen LogP contribution in [0.2, 0.25) is 0 Å². The molecule has 4 nitrogen and oxygen atoms in total. The molecule has 0 bridgehead atoms. The minimum absolute atomic E-state index is 0.0421. The number of thiophene rings is 1. The molecular weight excluding hydrogens is 320 g/mol. The highest BCUT2D eigenvalue weighted by Crippen LogP contribution is 2.13. The normalized spacial score (nSPS) is 12.5. The van der Waals surface area contributed by atoms with Crippen molar-refractivity contribution in [2.45, 2.75) is 33.2 Å². The Balaban J connectivity index is 2.20. The lowest BCUT2D eigenvalue weighted by atomic mass is 10.1. The van der Waals surface area contributed by atoms with Crippen LogP contribution in [-0.2, 0) is 4.79 Å². The van der Waals surface area contributed by atoms with Crippen LogP contribution < -0.4 is 10.6 Å². The predicted molar refractivity (Wildman–Crippen MR) is 98.8 cm³/mol. The van der Waals surface area contributed by atoms with Gasteiger partial charge in [-0.1, -0.05) is 30.7 Å². The van der Waals surface area contributed by atoms with Gasteiger partial charge in [0.15, 0.2) is 0 Å². The first kappa shape index (κ1) is 17.9. The molecule has 0 saturated carbocycles. The number of carbonyl (C=O) groups excluding carboxylic acids is 2. The highest BCUT2D eigenvalue weighted by molar-refractivity contribution is 7.10. The Labute approximate surface area is 146 Å². The van der Waals surface area contributed by atoms with Crippen LogP contribution in [0.1, 0.15) is 41.1 Å². The summed E-state index contributed by atoms with van der Waals surface area (Å²) in [7, 11) is 0. The summed E-state index contributed by atoms with van der Waals surface area (Å²) in [5, 5.41) is 7.56. The number of hydrogen-bond acceptors (Lipinski definition) is 3. The Kier molecular flexibility index (Phi) is 6.32. The van der Waals surface area contributed by atoms with Crippen LogP contribution in [0, 0.1) is 6.92 Å². The second-order valence-corrected chi connectivity index (χ2v) is 6.66. The maximum absolute atomic E-state index is 12.5. The van der Waals surface area contributed by atoms with E-state index < -0.39 is 0 Å². The third kappa shape index (κ3) is 5.06. The molecule has 0 spiro atoms. The molecule has 0 unspecified atom stereocenters. The molecule has 2 rings (SSSR count). The number of benzene rings is 1. The van der Waals surface area contributed by atoms with Crippen LogP contribution in [0.3, 0.4) is 0 Å². The first-order valence-electron chi connectivity index (χ1n) is 7.93. The molecule has 2 aromatic rings. The summed E-state index contributed by atoms with van der Waals surface area (Å²) in [6.07, 6.45) is 2.53. The molecule has 2 N–H and O–H groups in total. The molecule has 1 atom stereocenters. The smallest absolute Gasteiger partial charge is 0.268 e. The lowest BCUT2D eigenvalue weighted by Gasteiger charge is -2.14. The zero-order valence-corrected chi connectivity index (χ0v) is 14.9. The minimum atomic E-state index is -0.294. The maximum atomic E-state index is 12.5. The van der Waals surface area contributed by atoms with Crippen molar-refractivity contribution in [1.82, 2.24) is 10.6 Å². The number of amides is 2. The molecule has 0 fully saturated rings. The largest absolute Gasteiger partial charge is 0.348 e. The van der Waals surface area contributed by atoms with E-state index in [0.717, 1.165) is 16.9 Å². The van der Waals surface area contributed by atoms with Gasteiger partial charge in [-0.05, 0) is 49.9 Å². The minimum Gasteiger partial charge on any atom is -0.348 e. The average Bonchev–Trinajstić information content (AvgIpc) is 3.07. The SMILES string of the molecule is CC[C@H](C)NC(=O)/C(=C/c1cccs1)NC(=O)c1ccc(C)cc1. The van der Waals surface area contributed by atoms with Crippen molar-refractivity contribution in [3.63, 3.8) is 0 Å². The Morgan fingerprint density at radius 3 is 2.50 bits per heavy atom. The number of carbonyl (C=O) groups is 2. The van der Waals surface area contributed by atoms with Gasteiger partial charge in [0, 0.05) is 16.5 Å². The number of hydrogen-bond donors (Lipinski definition) is 2. The molecule has 0 aliphatic carbocycles.